The Bertz CT molecular complexity index is 989. The number of amides is 1. The number of benzene rings is 2. The normalized spacial score (nSPS) is 12.3. The van der Waals surface area contributed by atoms with Crippen LogP contribution >= 0.6 is 11.3 Å². The largest absolute Gasteiger partial charge is 0.497 e. The van der Waals surface area contributed by atoms with Crippen LogP contribution in [-0.2, 0) is 16.6 Å². The van der Waals surface area contributed by atoms with Crippen LogP contribution in [0.25, 0.3) is 10.6 Å². The van der Waals surface area contributed by atoms with Gasteiger partial charge in [-0.25, -0.2) is 4.98 Å². The fourth-order valence-corrected chi connectivity index (χ4v) is 3.90. The Kier molecular flexibility index (Phi) is 7.33. The average molecular weight is 439 g/mol. The molecule has 0 spiro atoms. The van der Waals surface area contributed by atoms with Gasteiger partial charge in [0.2, 0.25) is 0 Å². The van der Waals surface area contributed by atoms with Crippen molar-refractivity contribution in [2.24, 2.45) is 0 Å². The van der Waals surface area contributed by atoms with Crippen molar-refractivity contribution in [1.29, 1.82) is 0 Å². The smallest absolute Gasteiger partial charge is 0.260 e. The van der Waals surface area contributed by atoms with Crippen LogP contribution in [0.4, 0.5) is 0 Å². The Morgan fingerprint density at radius 3 is 2.32 bits per heavy atom. The van der Waals surface area contributed by atoms with Crippen LogP contribution in [-0.4, -0.2) is 30.6 Å². The zero-order chi connectivity index (χ0) is 22.4. The van der Waals surface area contributed by atoms with E-state index in [4.69, 9.17) is 9.47 Å². The zero-order valence-corrected chi connectivity index (χ0v) is 19.6. The van der Waals surface area contributed by atoms with Gasteiger partial charge < -0.3 is 14.8 Å². The number of rotatable bonds is 8. The van der Waals surface area contributed by atoms with Crippen LogP contribution in [0.3, 0.4) is 0 Å². The predicted molar refractivity (Wildman–Crippen MR) is 126 cm³/mol. The zero-order valence-electron chi connectivity index (χ0n) is 18.8. The van der Waals surface area contributed by atoms with Gasteiger partial charge in [0.15, 0.2) is 6.10 Å². The summed E-state index contributed by atoms with van der Waals surface area (Å²) in [6, 6.07) is 15.8. The number of hydrogen-bond donors (Lipinski definition) is 1. The highest BCUT2D eigenvalue weighted by Gasteiger charge is 2.16. The predicted octanol–water partition coefficient (Wildman–Crippen LogP) is 5.24. The van der Waals surface area contributed by atoms with E-state index in [1.165, 1.54) is 5.56 Å². The molecule has 0 fully saturated rings. The molecule has 0 radical (unpaired) electrons. The summed E-state index contributed by atoms with van der Waals surface area (Å²) in [4.78, 5) is 17.1. The number of aromatic nitrogens is 1. The van der Waals surface area contributed by atoms with Gasteiger partial charge in [0.05, 0.1) is 12.8 Å². The van der Waals surface area contributed by atoms with E-state index in [0.717, 1.165) is 22.0 Å². The highest BCUT2D eigenvalue weighted by Crippen LogP contribution is 2.26. The van der Waals surface area contributed by atoms with Gasteiger partial charge >= 0.3 is 0 Å². The van der Waals surface area contributed by atoms with Gasteiger partial charge in [0, 0.05) is 23.9 Å². The first-order chi connectivity index (χ1) is 14.8. The lowest BCUT2D eigenvalue weighted by atomic mass is 9.87. The quantitative estimate of drug-likeness (QED) is 0.522. The number of carbonyl (C=O) groups excluding carboxylic acids is 1. The van der Waals surface area contributed by atoms with E-state index in [-0.39, 0.29) is 11.3 Å². The molecule has 0 bridgehead atoms. The number of ether oxygens (including phenoxy) is 2. The lowest BCUT2D eigenvalue weighted by molar-refractivity contribution is -0.127. The molecule has 31 heavy (non-hydrogen) atoms. The second-order valence-electron chi connectivity index (χ2n) is 8.45. The van der Waals surface area contributed by atoms with Gasteiger partial charge in [-0.3, -0.25) is 4.79 Å². The maximum atomic E-state index is 12.4. The van der Waals surface area contributed by atoms with Crippen molar-refractivity contribution in [2.45, 2.75) is 45.6 Å². The van der Waals surface area contributed by atoms with E-state index in [9.17, 15) is 4.79 Å². The van der Waals surface area contributed by atoms with E-state index in [1.807, 2.05) is 53.9 Å². The molecule has 1 heterocycles. The number of hydrogen-bond acceptors (Lipinski definition) is 5. The summed E-state index contributed by atoms with van der Waals surface area (Å²) in [5.74, 6) is 1.38. The molecule has 1 aromatic heterocycles. The van der Waals surface area contributed by atoms with Crippen molar-refractivity contribution in [3.8, 4) is 22.1 Å². The van der Waals surface area contributed by atoms with Crippen molar-refractivity contribution in [2.75, 3.05) is 13.7 Å². The number of nitrogens with zero attached hydrogens (tertiary/aromatic N) is 1. The first kappa shape index (κ1) is 22.8. The fraction of sp³-hybridized carbons (Fsp3) is 0.360. The summed E-state index contributed by atoms with van der Waals surface area (Å²) in [6.07, 6.45) is 0.108. The maximum absolute atomic E-state index is 12.4. The molecule has 0 saturated heterocycles. The van der Waals surface area contributed by atoms with Crippen molar-refractivity contribution in [3.05, 3.63) is 65.2 Å². The summed E-state index contributed by atoms with van der Waals surface area (Å²) >= 11 is 1.60. The summed E-state index contributed by atoms with van der Waals surface area (Å²) in [6.45, 7) is 8.78. The van der Waals surface area contributed by atoms with Crippen LogP contribution in [0, 0.1) is 0 Å². The molecular formula is C25H30N2O3S. The van der Waals surface area contributed by atoms with E-state index in [0.29, 0.717) is 18.7 Å². The van der Waals surface area contributed by atoms with Crippen LogP contribution in [0.15, 0.2) is 53.9 Å². The first-order valence-corrected chi connectivity index (χ1v) is 11.3. The molecule has 0 saturated carbocycles. The molecule has 3 aromatic rings. The summed E-state index contributed by atoms with van der Waals surface area (Å²) in [5.41, 5.74) is 3.34. The third kappa shape index (κ3) is 6.31. The standard InChI is InChI=1S/C25H30N2O3S/c1-17(30-22-12-8-19(9-13-22)25(2,3)4)23(28)26-15-14-20-16-31-24(27-20)18-6-10-21(29-5)11-7-18/h6-13,16-17H,14-15H2,1-5H3,(H,26,28)/t17-/m1/s1. The van der Waals surface area contributed by atoms with E-state index < -0.39 is 6.10 Å². The van der Waals surface area contributed by atoms with Gasteiger partial charge in [-0.05, 0) is 54.3 Å². The molecular weight excluding hydrogens is 408 g/mol. The minimum atomic E-state index is -0.564. The van der Waals surface area contributed by atoms with Gasteiger partial charge in [-0.15, -0.1) is 11.3 Å². The minimum Gasteiger partial charge on any atom is -0.497 e. The second-order valence-corrected chi connectivity index (χ2v) is 9.31. The van der Waals surface area contributed by atoms with Gasteiger partial charge in [0.25, 0.3) is 5.91 Å². The van der Waals surface area contributed by atoms with Gasteiger partial charge in [-0.1, -0.05) is 32.9 Å². The number of nitrogens with one attached hydrogen (secondary N) is 1. The number of methoxy groups -OCH3 is 1. The Morgan fingerprint density at radius 1 is 1.06 bits per heavy atom. The van der Waals surface area contributed by atoms with Crippen molar-refractivity contribution in [3.63, 3.8) is 0 Å². The summed E-state index contributed by atoms with van der Waals surface area (Å²) in [5, 5.41) is 5.92. The monoisotopic (exact) mass is 438 g/mol. The van der Waals surface area contributed by atoms with Crippen LogP contribution in [0.1, 0.15) is 39.0 Å². The highest BCUT2D eigenvalue weighted by molar-refractivity contribution is 7.13. The van der Waals surface area contributed by atoms with Gasteiger partial charge in [-0.2, -0.15) is 0 Å². The summed E-state index contributed by atoms with van der Waals surface area (Å²) in [7, 11) is 1.65. The molecule has 0 unspecified atom stereocenters. The van der Waals surface area contributed by atoms with Crippen molar-refractivity contribution < 1.29 is 14.3 Å². The topological polar surface area (TPSA) is 60.5 Å². The molecule has 0 aliphatic heterocycles. The van der Waals surface area contributed by atoms with Crippen molar-refractivity contribution >= 4 is 17.2 Å². The molecule has 1 atom stereocenters. The number of carbonyl (C=O) groups is 1. The molecule has 1 N–H and O–H groups in total. The van der Waals surface area contributed by atoms with Gasteiger partial charge in [0.1, 0.15) is 16.5 Å². The average Bonchev–Trinajstić information content (AvgIpc) is 3.22. The lowest BCUT2D eigenvalue weighted by Crippen LogP contribution is -2.37. The van der Waals surface area contributed by atoms with Crippen LogP contribution in [0.5, 0.6) is 11.5 Å². The molecule has 2 aromatic carbocycles. The maximum Gasteiger partial charge on any atom is 0.260 e. The Hall–Kier alpha value is -2.86. The third-order valence-corrected chi connectivity index (χ3v) is 5.91. The molecule has 6 heteroatoms. The Morgan fingerprint density at radius 2 is 1.71 bits per heavy atom. The molecule has 0 aliphatic rings. The molecule has 3 rings (SSSR count). The first-order valence-electron chi connectivity index (χ1n) is 10.4. The summed E-state index contributed by atoms with van der Waals surface area (Å²) < 4.78 is 11.0. The lowest BCUT2D eigenvalue weighted by Gasteiger charge is -2.20. The van der Waals surface area contributed by atoms with Crippen LogP contribution < -0.4 is 14.8 Å². The number of thiazole rings is 1. The van der Waals surface area contributed by atoms with E-state index in [1.54, 1.807) is 25.4 Å². The van der Waals surface area contributed by atoms with E-state index in [2.05, 4.69) is 31.1 Å². The second kappa shape index (κ2) is 9.96. The third-order valence-electron chi connectivity index (χ3n) is 4.97. The van der Waals surface area contributed by atoms with Crippen LogP contribution in [0.2, 0.25) is 0 Å². The fourth-order valence-electron chi connectivity index (χ4n) is 3.04. The van der Waals surface area contributed by atoms with E-state index >= 15 is 0 Å². The molecule has 164 valence electrons. The molecule has 0 aliphatic carbocycles. The van der Waals surface area contributed by atoms with Crippen molar-refractivity contribution in [1.82, 2.24) is 10.3 Å². The Balaban J connectivity index is 1.47. The highest BCUT2D eigenvalue weighted by atomic mass is 32.1. The molecule has 1 amide bonds. The minimum absolute atomic E-state index is 0.0878. The Labute approximate surface area is 188 Å². The SMILES string of the molecule is COc1ccc(-c2nc(CCNC(=O)[C@@H](C)Oc3ccc(C(C)(C)C)cc3)cs2)cc1. The molecule has 5 nitrogen and oxygen atoms in total.